The Bertz CT molecular complexity index is 359. The topological polar surface area (TPSA) is 15.3 Å². The average Bonchev–Trinajstić information content (AvgIpc) is 2.45. The van der Waals surface area contributed by atoms with Crippen LogP contribution in [0.5, 0.6) is 0 Å². The number of rotatable bonds is 10. The fourth-order valence-electron chi connectivity index (χ4n) is 2.30. The highest BCUT2D eigenvalue weighted by Gasteiger charge is 2.19. The van der Waals surface area contributed by atoms with Crippen LogP contribution in [-0.2, 0) is 5.75 Å². The van der Waals surface area contributed by atoms with Gasteiger partial charge in [-0.1, -0.05) is 37.3 Å². The molecule has 1 aromatic carbocycles. The summed E-state index contributed by atoms with van der Waals surface area (Å²) in [4.78, 5) is 2.57. The van der Waals surface area contributed by atoms with Crippen molar-refractivity contribution in [1.82, 2.24) is 10.2 Å². The van der Waals surface area contributed by atoms with Crippen molar-refractivity contribution in [1.29, 1.82) is 0 Å². The van der Waals surface area contributed by atoms with E-state index in [0.29, 0.717) is 0 Å². The molecule has 0 amide bonds. The molecule has 1 N–H and O–H groups in total. The molecule has 1 aromatic rings. The summed E-state index contributed by atoms with van der Waals surface area (Å²) in [6, 6.07) is 10.7. The van der Waals surface area contributed by atoms with Crippen molar-refractivity contribution >= 4 is 11.8 Å². The van der Waals surface area contributed by atoms with Crippen molar-refractivity contribution in [2.24, 2.45) is 0 Å². The van der Waals surface area contributed by atoms with Crippen molar-refractivity contribution in [2.45, 2.75) is 45.4 Å². The lowest BCUT2D eigenvalue weighted by Gasteiger charge is -2.35. The Kier molecular flexibility index (Phi) is 9.05. The standard InChI is InChI=1S/C18H32N2S/c1-5-13-20(18(2,3)4)14-11-19-12-15-21-16-17-9-7-6-8-10-17/h6-10,19H,5,11-16H2,1-4H3. The Morgan fingerprint density at radius 3 is 2.38 bits per heavy atom. The monoisotopic (exact) mass is 308 g/mol. The minimum atomic E-state index is 0.278. The normalized spacial score (nSPS) is 12.0. The van der Waals surface area contributed by atoms with E-state index in [1.165, 1.54) is 24.3 Å². The molecule has 120 valence electrons. The first kappa shape index (κ1) is 18.5. The van der Waals surface area contributed by atoms with Gasteiger partial charge in [0.25, 0.3) is 0 Å². The molecule has 2 nitrogen and oxygen atoms in total. The first-order chi connectivity index (χ1) is 10.0. The number of nitrogens with zero attached hydrogens (tertiary/aromatic N) is 1. The van der Waals surface area contributed by atoms with Crippen LogP contribution < -0.4 is 5.32 Å². The number of thioether (sulfide) groups is 1. The SMILES string of the molecule is CCCN(CCNCCSCc1ccccc1)C(C)(C)C. The van der Waals surface area contributed by atoms with Crippen LogP contribution in [0.25, 0.3) is 0 Å². The molecule has 0 aromatic heterocycles. The van der Waals surface area contributed by atoms with Gasteiger partial charge in [-0.2, -0.15) is 11.8 Å². The third-order valence-electron chi connectivity index (χ3n) is 3.54. The summed E-state index contributed by atoms with van der Waals surface area (Å²) in [5, 5.41) is 3.57. The Morgan fingerprint density at radius 2 is 1.76 bits per heavy atom. The maximum atomic E-state index is 3.57. The van der Waals surface area contributed by atoms with E-state index in [2.05, 4.69) is 68.2 Å². The molecular weight excluding hydrogens is 276 g/mol. The second-order valence-corrected chi connectivity index (χ2v) is 7.55. The molecule has 0 heterocycles. The van der Waals surface area contributed by atoms with Crippen LogP contribution in [0, 0.1) is 0 Å². The molecule has 0 saturated heterocycles. The second kappa shape index (κ2) is 10.3. The number of benzene rings is 1. The van der Waals surface area contributed by atoms with Gasteiger partial charge in [0, 0.05) is 36.7 Å². The van der Waals surface area contributed by atoms with Crippen molar-refractivity contribution in [2.75, 3.05) is 31.9 Å². The van der Waals surface area contributed by atoms with Crippen molar-refractivity contribution in [3.8, 4) is 0 Å². The van der Waals surface area contributed by atoms with Gasteiger partial charge in [0.15, 0.2) is 0 Å². The molecule has 0 aliphatic heterocycles. The lowest BCUT2D eigenvalue weighted by atomic mass is 10.1. The van der Waals surface area contributed by atoms with E-state index in [4.69, 9.17) is 0 Å². The molecule has 1 rings (SSSR count). The number of hydrogen-bond acceptors (Lipinski definition) is 3. The van der Waals surface area contributed by atoms with Gasteiger partial charge in [0.05, 0.1) is 0 Å². The van der Waals surface area contributed by atoms with E-state index < -0.39 is 0 Å². The molecule has 0 aliphatic carbocycles. The quantitative estimate of drug-likeness (QED) is 0.657. The number of nitrogens with one attached hydrogen (secondary N) is 1. The predicted octanol–water partition coefficient (Wildman–Crippen LogP) is 4.02. The molecule has 0 atom stereocenters. The van der Waals surface area contributed by atoms with Crippen LogP contribution >= 0.6 is 11.8 Å². The van der Waals surface area contributed by atoms with E-state index in [9.17, 15) is 0 Å². The Labute approximate surface area is 135 Å². The third kappa shape index (κ3) is 8.50. The van der Waals surface area contributed by atoms with Crippen LogP contribution in [-0.4, -0.2) is 42.4 Å². The van der Waals surface area contributed by atoms with Gasteiger partial charge in [0.2, 0.25) is 0 Å². The van der Waals surface area contributed by atoms with Gasteiger partial charge in [-0.05, 0) is 39.3 Å². The fourth-order valence-corrected chi connectivity index (χ4v) is 3.16. The van der Waals surface area contributed by atoms with Crippen LogP contribution in [0.2, 0.25) is 0 Å². The van der Waals surface area contributed by atoms with E-state index in [1.807, 2.05) is 11.8 Å². The highest BCUT2D eigenvalue weighted by molar-refractivity contribution is 7.98. The highest BCUT2D eigenvalue weighted by atomic mass is 32.2. The zero-order valence-corrected chi connectivity index (χ0v) is 15.0. The summed E-state index contributed by atoms with van der Waals surface area (Å²) in [6.45, 7) is 13.7. The molecule has 0 unspecified atom stereocenters. The lowest BCUT2D eigenvalue weighted by Crippen LogP contribution is -2.45. The predicted molar refractivity (Wildman–Crippen MR) is 97.1 cm³/mol. The van der Waals surface area contributed by atoms with Gasteiger partial charge >= 0.3 is 0 Å². The maximum absolute atomic E-state index is 3.57. The van der Waals surface area contributed by atoms with E-state index in [-0.39, 0.29) is 5.54 Å². The van der Waals surface area contributed by atoms with Crippen LogP contribution in [0.4, 0.5) is 0 Å². The lowest BCUT2D eigenvalue weighted by molar-refractivity contribution is 0.138. The van der Waals surface area contributed by atoms with Gasteiger partial charge in [-0.25, -0.2) is 0 Å². The Hall–Kier alpha value is -0.510. The third-order valence-corrected chi connectivity index (χ3v) is 4.57. The van der Waals surface area contributed by atoms with E-state index >= 15 is 0 Å². The summed E-state index contributed by atoms with van der Waals surface area (Å²) in [5.41, 5.74) is 1.70. The van der Waals surface area contributed by atoms with E-state index in [0.717, 1.165) is 25.4 Å². The maximum Gasteiger partial charge on any atom is 0.0185 e. The molecule has 21 heavy (non-hydrogen) atoms. The minimum absolute atomic E-state index is 0.278. The number of hydrogen-bond donors (Lipinski definition) is 1. The summed E-state index contributed by atoms with van der Waals surface area (Å²) in [5.74, 6) is 2.30. The van der Waals surface area contributed by atoms with E-state index in [1.54, 1.807) is 0 Å². The van der Waals surface area contributed by atoms with Gasteiger partial charge in [0.1, 0.15) is 0 Å². The fraction of sp³-hybridized carbons (Fsp3) is 0.667. The van der Waals surface area contributed by atoms with Gasteiger partial charge in [-0.3, -0.25) is 4.90 Å². The first-order valence-corrected chi connectivity index (χ1v) is 9.27. The zero-order valence-electron chi connectivity index (χ0n) is 14.2. The Balaban J connectivity index is 2.06. The summed E-state index contributed by atoms with van der Waals surface area (Å²) in [6.07, 6.45) is 1.23. The molecular formula is C18H32N2S. The summed E-state index contributed by atoms with van der Waals surface area (Å²) in [7, 11) is 0. The molecule has 0 saturated carbocycles. The highest BCUT2D eigenvalue weighted by Crippen LogP contribution is 2.13. The van der Waals surface area contributed by atoms with Crippen LogP contribution in [0.15, 0.2) is 30.3 Å². The first-order valence-electron chi connectivity index (χ1n) is 8.11. The molecule has 0 radical (unpaired) electrons. The molecule has 0 fully saturated rings. The molecule has 3 heteroatoms. The minimum Gasteiger partial charge on any atom is -0.315 e. The zero-order chi connectivity index (χ0) is 15.6. The smallest absolute Gasteiger partial charge is 0.0185 e. The van der Waals surface area contributed by atoms with Gasteiger partial charge in [-0.15, -0.1) is 0 Å². The summed E-state index contributed by atoms with van der Waals surface area (Å²) < 4.78 is 0. The van der Waals surface area contributed by atoms with Crippen LogP contribution in [0.3, 0.4) is 0 Å². The van der Waals surface area contributed by atoms with Crippen molar-refractivity contribution < 1.29 is 0 Å². The van der Waals surface area contributed by atoms with Crippen LogP contribution in [0.1, 0.15) is 39.7 Å². The molecule has 0 spiro atoms. The molecule has 0 aliphatic rings. The average molecular weight is 309 g/mol. The van der Waals surface area contributed by atoms with Gasteiger partial charge < -0.3 is 5.32 Å². The van der Waals surface area contributed by atoms with Crippen molar-refractivity contribution in [3.63, 3.8) is 0 Å². The summed E-state index contributed by atoms with van der Waals surface area (Å²) >= 11 is 2.00. The second-order valence-electron chi connectivity index (χ2n) is 6.45. The molecule has 0 bridgehead atoms. The van der Waals surface area contributed by atoms with Crippen molar-refractivity contribution in [3.05, 3.63) is 35.9 Å². The largest absolute Gasteiger partial charge is 0.315 e. The Morgan fingerprint density at radius 1 is 1.05 bits per heavy atom.